The number of benzene rings is 1. The summed E-state index contributed by atoms with van der Waals surface area (Å²) in [5.74, 6) is 0.0572. The minimum Gasteiger partial charge on any atom is -0.357 e. The standard InChI is InChI=1S/C25H26F3N3O2S/c1-2-18-9-4-5-10-20(18)24-21(25(26,27)28)14-13-19(29-24)17-34(32,33)23-12-8-11-22(30-23)31-15-6-3-7-16-31/h4-5,8-14H,2-3,6-7,15-17H2,1H3. The van der Waals surface area contributed by atoms with Gasteiger partial charge >= 0.3 is 6.18 Å². The molecule has 0 amide bonds. The van der Waals surface area contributed by atoms with Crippen LogP contribution >= 0.6 is 0 Å². The Morgan fingerprint density at radius 2 is 1.65 bits per heavy atom. The molecule has 5 nitrogen and oxygen atoms in total. The number of alkyl halides is 3. The number of hydrogen-bond donors (Lipinski definition) is 0. The Morgan fingerprint density at radius 3 is 2.35 bits per heavy atom. The molecule has 0 bridgehead atoms. The van der Waals surface area contributed by atoms with E-state index in [2.05, 4.69) is 14.9 Å². The predicted molar refractivity (Wildman–Crippen MR) is 125 cm³/mol. The molecular formula is C25H26F3N3O2S. The van der Waals surface area contributed by atoms with Gasteiger partial charge in [0.2, 0.25) is 9.84 Å². The van der Waals surface area contributed by atoms with Crippen LogP contribution in [0.2, 0.25) is 0 Å². The molecule has 9 heteroatoms. The van der Waals surface area contributed by atoms with Gasteiger partial charge in [0.05, 0.1) is 22.7 Å². The topological polar surface area (TPSA) is 63.2 Å². The number of rotatable bonds is 6. The molecule has 3 heterocycles. The minimum atomic E-state index is -4.62. The second kappa shape index (κ2) is 9.74. The van der Waals surface area contributed by atoms with Gasteiger partial charge in [-0.25, -0.2) is 13.4 Å². The summed E-state index contributed by atoms with van der Waals surface area (Å²) in [6, 6.07) is 13.6. The van der Waals surface area contributed by atoms with E-state index in [0.29, 0.717) is 23.4 Å². The van der Waals surface area contributed by atoms with Crippen LogP contribution in [0.15, 0.2) is 59.6 Å². The van der Waals surface area contributed by atoms with Gasteiger partial charge in [-0.3, -0.25) is 4.98 Å². The van der Waals surface area contributed by atoms with E-state index in [0.717, 1.165) is 44.5 Å². The van der Waals surface area contributed by atoms with E-state index >= 15 is 0 Å². The average Bonchev–Trinajstić information content (AvgIpc) is 2.83. The van der Waals surface area contributed by atoms with Crippen molar-refractivity contribution in [3.8, 4) is 11.3 Å². The Labute approximate surface area is 197 Å². The second-order valence-electron chi connectivity index (χ2n) is 8.35. The van der Waals surface area contributed by atoms with Crippen LogP contribution in [0.1, 0.15) is 43.0 Å². The Balaban J connectivity index is 1.70. The molecule has 180 valence electrons. The number of aromatic nitrogens is 2. The van der Waals surface area contributed by atoms with Gasteiger partial charge in [-0.2, -0.15) is 13.2 Å². The average molecular weight is 490 g/mol. The van der Waals surface area contributed by atoms with Crippen molar-refractivity contribution in [1.29, 1.82) is 0 Å². The summed E-state index contributed by atoms with van der Waals surface area (Å²) in [7, 11) is -3.92. The van der Waals surface area contributed by atoms with Gasteiger partial charge in [-0.15, -0.1) is 0 Å². The zero-order valence-corrected chi connectivity index (χ0v) is 19.7. The first-order valence-corrected chi connectivity index (χ1v) is 12.9. The highest BCUT2D eigenvalue weighted by Gasteiger charge is 2.35. The molecule has 0 aliphatic carbocycles. The zero-order valence-electron chi connectivity index (χ0n) is 18.8. The Hall–Kier alpha value is -2.94. The molecule has 1 fully saturated rings. The Morgan fingerprint density at radius 1 is 0.912 bits per heavy atom. The number of piperidine rings is 1. The maximum atomic E-state index is 13.8. The van der Waals surface area contributed by atoms with Gasteiger partial charge in [0, 0.05) is 18.7 Å². The van der Waals surface area contributed by atoms with E-state index in [9.17, 15) is 21.6 Å². The zero-order chi connectivity index (χ0) is 24.3. The van der Waals surface area contributed by atoms with Gasteiger partial charge < -0.3 is 4.90 Å². The molecule has 0 spiro atoms. The quantitative estimate of drug-likeness (QED) is 0.445. The van der Waals surface area contributed by atoms with Gasteiger partial charge in [0.25, 0.3) is 0 Å². The van der Waals surface area contributed by atoms with E-state index in [-0.39, 0.29) is 16.4 Å². The molecule has 34 heavy (non-hydrogen) atoms. The first-order chi connectivity index (χ1) is 16.2. The van der Waals surface area contributed by atoms with Gasteiger partial charge in [0.15, 0.2) is 5.03 Å². The number of pyridine rings is 2. The van der Waals surface area contributed by atoms with Crippen molar-refractivity contribution in [3.63, 3.8) is 0 Å². The van der Waals surface area contributed by atoms with E-state index < -0.39 is 27.3 Å². The summed E-state index contributed by atoms with van der Waals surface area (Å²) < 4.78 is 67.5. The monoisotopic (exact) mass is 489 g/mol. The van der Waals surface area contributed by atoms with Crippen molar-refractivity contribution >= 4 is 15.7 Å². The summed E-state index contributed by atoms with van der Waals surface area (Å²) in [5, 5.41) is -0.104. The molecule has 2 aromatic heterocycles. The number of aryl methyl sites for hydroxylation is 1. The maximum absolute atomic E-state index is 13.8. The molecule has 3 aromatic rings. The van der Waals surface area contributed by atoms with Crippen LogP contribution in [-0.4, -0.2) is 31.5 Å². The normalized spacial score (nSPS) is 14.9. The molecule has 0 radical (unpaired) electrons. The lowest BCUT2D eigenvalue weighted by molar-refractivity contribution is -0.137. The highest BCUT2D eigenvalue weighted by Crippen LogP contribution is 2.37. The van der Waals surface area contributed by atoms with E-state index in [1.54, 1.807) is 36.4 Å². The van der Waals surface area contributed by atoms with Crippen LogP contribution in [0.3, 0.4) is 0 Å². The second-order valence-corrected chi connectivity index (χ2v) is 10.3. The minimum absolute atomic E-state index is 0.0408. The maximum Gasteiger partial charge on any atom is 0.418 e. The van der Waals surface area contributed by atoms with Gasteiger partial charge in [0.1, 0.15) is 5.82 Å². The molecule has 0 atom stereocenters. The third-order valence-corrected chi connectivity index (χ3v) is 7.50. The third kappa shape index (κ3) is 5.24. The van der Waals surface area contributed by atoms with Crippen LogP contribution in [0.4, 0.5) is 19.0 Å². The van der Waals surface area contributed by atoms with Crippen molar-refractivity contribution in [3.05, 3.63) is 71.4 Å². The van der Waals surface area contributed by atoms with E-state index in [4.69, 9.17) is 0 Å². The SMILES string of the molecule is CCc1ccccc1-c1nc(CS(=O)(=O)c2cccc(N3CCCCC3)n2)ccc1C(F)(F)F. The number of anilines is 1. The molecule has 1 aliphatic rings. The van der Waals surface area contributed by atoms with Gasteiger partial charge in [-0.1, -0.05) is 37.3 Å². The van der Waals surface area contributed by atoms with Crippen molar-refractivity contribution in [2.24, 2.45) is 0 Å². The fourth-order valence-corrected chi connectivity index (χ4v) is 5.44. The van der Waals surface area contributed by atoms with Gasteiger partial charge in [-0.05, 0) is 55.5 Å². The smallest absolute Gasteiger partial charge is 0.357 e. The molecule has 1 aliphatic heterocycles. The lowest BCUT2D eigenvalue weighted by atomic mass is 9.98. The summed E-state index contributed by atoms with van der Waals surface area (Å²) in [4.78, 5) is 10.6. The number of sulfone groups is 1. The van der Waals surface area contributed by atoms with Crippen molar-refractivity contribution in [2.45, 2.75) is 49.6 Å². The molecule has 1 saturated heterocycles. The highest BCUT2D eigenvalue weighted by atomic mass is 32.2. The van der Waals surface area contributed by atoms with E-state index in [1.165, 1.54) is 6.07 Å². The van der Waals surface area contributed by atoms with Crippen molar-refractivity contribution in [2.75, 3.05) is 18.0 Å². The molecule has 4 rings (SSSR count). The Kier molecular flexibility index (Phi) is 6.93. The van der Waals surface area contributed by atoms with Crippen LogP contribution in [0.5, 0.6) is 0 Å². The first-order valence-electron chi connectivity index (χ1n) is 11.3. The molecule has 0 saturated carbocycles. The molecule has 0 unspecified atom stereocenters. The predicted octanol–water partition coefficient (Wildman–Crippen LogP) is 5.69. The summed E-state index contributed by atoms with van der Waals surface area (Å²) in [5.41, 5.74) is -0.0512. The van der Waals surface area contributed by atoms with Crippen LogP contribution in [0, 0.1) is 0 Å². The van der Waals surface area contributed by atoms with E-state index in [1.807, 2.05) is 6.92 Å². The number of halogens is 3. The number of hydrogen-bond acceptors (Lipinski definition) is 5. The highest BCUT2D eigenvalue weighted by molar-refractivity contribution is 7.90. The van der Waals surface area contributed by atoms with Crippen LogP contribution < -0.4 is 4.90 Å². The molecule has 1 aromatic carbocycles. The van der Waals surface area contributed by atoms with Crippen LogP contribution in [-0.2, 0) is 28.2 Å². The third-order valence-electron chi connectivity index (χ3n) is 5.96. The summed E-state index contributed by atoms with van der Waals surface area (Å²) in [6.45, 7) is 3.48. The number of nitrogens with zero attached hydrogens (tertiary/aromatic N) is 3. The first kappa shape index (κ1) is 24.2. The molecule has 0 N–H and O–H groups in total. The lowest BCUT2D eigenvalue weighted by Gasteiger charge is -2.27. The van der Waals surface area contributed by atoms with Crippen molar-refractivity contribution < 1.29 is 21.6 Å². The Bertz CT molecular complexity index is 1270. The summed E-state index contributed by atoms with van der Waals surface area (Å²) >= 11 is 0. The largest absolute Gasteiger partial charge is 0.418 e. The fourth-order valence-electron chi connectivity index (χ4n) is 4.22. The van der Waals surface area contributed by atoms with Crippen LogP contribution in [0.25, 0.3) is 11.3 Å². The fraction of sp³-hybridized carbons (Fsp3) is 0.360. The lowest BCUT2D eigenvalue weighted by Crippen LogP contribution is -2.30. The molecular weight excluding hydrogens is 463 g/mol. The summed E-state index contributed by atoms with van der Waals surface area (Å²) in [6.07, 6.45) is -0.917. The van der Waals surface area contributed by atoms with Crippen molar-refractivity contribution in [1.82, 2.24) is 9.97 Å².